The molecule has 1 amide bonds. The monoisotopic (exact) mass is 469 g/mol. The van der Waals surface area contributed by atoms with E-state index in [1.54, 1.807) is 48.2 Å². The zero-order valence-corrected chi connectivity index (χ0v) is 18.5. The highest BCUT2D eigenvalue weighted by atomic mass is 32.2. The molecule has 0 aliphatic heterocycles. The molecule has 0 bridgehead atoms. The van der Waals surface area contributed by atoms with Crippen molar-refractivity contribution in [3.63, 3.8) is 0 Å². The number of nitrogens with zero attached hydrogens (tertiary/aromatic N) is 2. The zero-order chi connectivity index (χ0) is 22.7. The lowest BCUT2D eigenvalue weighted by atomic mass is 10.2. The van der Waals surface area contributed by atoms with Crippen LogP contribution >= 0.6 is 23.5 Å². The molecular formula is C23H17F2N3O2S2. The quantitative estimate of drug-likeness (QED) is 0.314. The van der Waals surface area contributed by atoms with Crippen molar-refractivity contribution in [2.75, 3.05) is 17.3 Å². The Morgan fingerprint density at radius 2 is 1.81 bits per heavy atom. The molecule has 9 heteroatoms. The highest BCUT2D eigenvalue weighted by Gasteiger charge is 2.17. The first-order chi connectivity index (χ1) is 15.5. The van der Waals surface area contributed by atoms with E-state index in [1.807, 2.05) is 18.4 Å². The standard InChI is InChI=1S/C23H17F2N3O2S2/c1-31-16-9-7-15(8-10-16)26-21(29)13-32-23-27-19-5-3-2-4-17(19)22(30)28(23)20-11-6-14(24)12-18(20)25/h2-12H,13H2,1H3,(H,26,29). The number of para-hydroxylation sites is 1. The van der Waals surface area contributed by atoms with E-state index < -0.39 is 17.2 Å². The maximum atomic E-state index is 14.5. The number of hydrogen-bond donors (Lipinski definition) is 1. The van der Waals surface area contributed by atoms with Gasteiger partial charge in [0.05, 0.1) is 22.3 Å². The topological polar surface area (TPSA) is 64.0 Å². The van der Waals surface area contributed by atoms with Crippen LogP contribution in [0.25, 0.3) is 16.6 Å². The molecule has 162 valence electrons. The fourth-order valence-electron chi connectivity index (χ4n) is 3.09. The lowest BCUT2D eigenvalue weighted by Gasteiger charge is -2.14. The Balaban J connectivity index is 1.66. The normalized spacial score (nSPS) is 11.0. The van der Waals surface area contributed by atoms with Crippen molar-refractivity contribution in [3.05, 3.63) is 88.7 Å². The fraction of sp³-hybridized carbons (Fsp3) is 0.0870. The number of nitrogens with one attached hydrogen (secondary N) is 1. The Kier molecular flexibility index (Phi) is 6.57. The van der Waals surface area contributed by atoms with Crippen molar-refractivity contribution in [1.29, 1.82) is 0 Å². The van der Waals surface area contributed by atoms with Gasteiger partial charge in [-0.15, -0.1) is 11.8 Å². The molecule has 1 N–H and O–H groups in total. The number of thioether (sulfide) groups is 2. The summed E-state index contributed by atoms with van der Waals surface area (Å²) in [5, 5.41) is 3.21. The summed E-state index contributed by atoms with van der Waals surface area (Å²) in [5.41, 5.74) is 0.426. The molecule has 4 aromatic rings. The van der Waals surface area contributed by atoms with Crippen molar-refractivity contribution in [3.8, 4) is 5.69 Å². The Labute approximate surface area is 190 Å². The van der Waals surface area contributed by atoms with Gasteiger partial charge in [-0.25, -0.2) is 13.8 Å². The van der Waals surface area contributed by atoms with Crippen LogP contribution < -0.4 is 10.9 Å². The molecule has 0 spiro atoms. The molecule has 0 unspecified atom stereocenters. The zero-order valence-electron chi connectivity index (χ0n) is 16.8. The van der Waals surface area contributed by atoms with Crippen LogP contribution in [0.4, 0.5) is 14.5 Å². The van der Waals surface area contributed by atoms with E-state index in [4.69, 9.17) is 0 Å². The van der Waals surface area contributed by atoms with Crippen molar-refractivity contribution < 1.29 is 13.6 Å². The predicted octanol–water partition coefficient (Wildman–Crippen LogP) is 5.12. The average Bonchev–Trinajstić information content (AvgIpc) is 2.79. The van der Waals surface area contributed by atoms with Crippen LogP contribution in [-0.2, 0) is 4.79 Å². The van der Waals surface area contributed by atoms with E-state index >= 15 is 0 Å². The summed E-state index contributed by atoms with van der Waals surface area (Å²) in [4.78, 5) is 31.1. The summed E-state index contributed by atoms with van der Waals surface area (Å²) in [7, 11) is 0. The minimum Gasteiger partial charge on any atom is -0.325 e. The van der Waals surface area contributed by atoms with Crippen LogP contribution in [0.15, 0.2) is 81.6 Å². The van der Waals surface area contributed by atoms with Gasteiger partial charge in [0, 0.05) is 16.6 Å². The van der Waals surface area contributed by atoms with Gasteiger partial charge in [-0.2, -0.15) is 0 Å². The van der Waals surface area contributed by atoms with Gasteiger partial charge in [-0.3, -0.25) is 14.2 Å². The molecule has 0 aliphatic carbocycles. The van der Waals surface area contributed by atoms with Gasteiger partial charge >= 0.3 is 0 Å². The molecule has 4 rings (SSSR count). The lowest BCUT2D eigenvalue weighted by Crippen LogP contribution is -2.23. The predicted molar refractivity (Wildman–Crippen MR) is 125 cm³/mol. The number of benzene rings is 3. The van der Waals surface area contributed by atoms with Gasteiger partial charge < -0.3 is 5.32 Å². The number of carbonyl (C=O) groups is 1. The molecular weight excluding hydrogens is 452 g/mol. The van der Waals surface area contributed by atoms with Crippen LogP contribution in [-0.4, -0.2) is 27.5 Å². The van der Waals surface area contributed by atoms with E-state index in [0.717, 1.165) is 27.3 Å². The van der Waals surface area contributed by atoms with Crippen LogP contribution in [0.5, 0.6) is 0 Å². The number of amides is 1. The summed E-state index contributed by atoms with van der Waals surface area (Å²) in [6.45, 7) is 0. The van der Waals surface area contributed by atoms with Gasteiger partial charge in [0.15, 0.2) is 5.16 Å². The van der Waals surface area contributed by atoms with Crippen molar-refractivity contribution >= 4 is 46.0 Å². The Morgan fingerprint density at radius 3 is 2.53 bits per heavy atom. The van der Waals surface area contributed by atoms with Crippen molar-refractivity contribution in [2.24, 2.45) is 0 Å². The number of rotatable bonds is 6. The number of hydrogen-bond acceptors (Lipinski definition) is 5. The maximum Gasteiger partial charge on any atom is 0.266 e. The SMILES string of the molecule is CSc1ccc(NC(=O)CSc2nc3ccccc3c(=O)n2-c2ccc(F)cc2F)cc1. The van der Waals surface area contributed by atoms with Crippen LogP contribution in [0.2, 0.25) is 0 Å². The molecule has 0 atom stereocenters. The van der Waals surface area contributed by atoms with Gasteiger partial charge in [0.1, 0.15) is 11.6 Å². The van der Waals surface area contributed by atoms with Crippen LogP contribution in [0, 0.1) is 11.6 Å². The molecule has 0 radical (unpaired) electrons. The first-order valence-electron chi connectivity index (χ1n) is 9.50. The molecule has 32 heavy (non-hydrogen) atoms. The smallest absolute Gasteiger partial charge is 0.266 e. The number of carbonyl (C=O) groups excluding carboxylic acids is 1. The largest absolute Gasteiger partial charge is 0.325 e. The Bertz CT molecular complexity index is 1360. The molecule has 5 nitrogen and oxygen atoms in total. The van der Waals surface area contributed by atoms with Crippen LogP contribution in [0.3, 0.4) is 0 Å². The first-order valence-corrected chi connectivity index (χ1v) is 11.7. The molecule has 0 saturated carbocycles. The van der Waals surface area contributed by atoms with Gasteiger partial charge in [0.2, 0.25) is 5.91 Å². The Hall–Kier alpha value is -3.17. The second-order valence-electron chi connectivity index (χ2n) is 6.71. The summed E-state index contributed by atoms with van der Waals surface area (Å²) in [6, 6.07) is 17.0. The fourth-order valence-corrected chi connectivity index (χ4v) is 4.30. The number of aromatic nitrogens is 2. The Morgan fingerprint density at radius 1 is 1.06 bits per heavy atom. The van der Waals surface area contributed by atoms with Gasteiger partial charge in [0.25, 0.3) is 5.56 Å². The lowest BCUT2D eigenvalue weighted by molar-refractivity contribution is -0.113. The third-order valence-corrected chi connectivity index (χ3v) is 6.28. The van der Waals surface area contributed by atoms with Gasteiger partial charge in [-0.05, 0) is 54.8 Å². The molecule has 0 aliphatic rings. The van der Waals surface area contributed by atoms with Crippen LogP contribution in [0.1, 0.15) is 0 Å². The second-order valence-corrected chi connectivity index (χ2v) is 8.54. The molecule has 3 aromatic carbocycles. The van der Waals surface area contributed by atoms with Crippen molar-refractivity contribution in [1.82, 2.24) is 9.55 Å². The third kappa shape index (κ3) is 4.68. The van der Waals surface area contributed by atoms with E-state index in [-0.39, 0.29) is 22.5 Å². The van der Waals surface area contributed by atoms with E-state index in [2.05, 4.69) is 10.3 Å². The molecule has 1 aromatic heterocycles. The number of anilines is 1. The first kappa shape index (κ1) is 22.0. The van der Waals surface area contributed by atoms with E-state index in [1.165, 1.54) is 6.07 Å². The molecule has 0 saturated heterocycles. The summed E-state index contributed by atoms with van der Waals surface area (Å²) < 4.78 is 29.0. The third-order valence-electron chi connectivity index (χ3n) is 4.60. The second kappa shape index (κ2) is 9.54. The summed E-state index contributed by atoms with van der Waals surface area (Å²) in [6.07, 6.45) is 1.96. The minimum absolute atomic E-state index is 0.0577. The molecule has 1 heterocycles. The number of fused-ring (bicyclic) bond motifs is 1. The van der Waals surface area contributed by atoms with Gasteiger partial charge in [-0.1, -0.05) is 23.9 Å². The summed E-state index contributed by atoms with van der Waals surface area (Å²) in [5.74, 6) is -2.02. The minimum atomic E-state index is -0.899. The maximum absolute atomic E-state index is 14.5. The summed E-state index contributed by atoms with van der Waals surface area (Å²) >= 11 is 2.59. The average molecular weight is 470 g/mol. The molecule has 0 fully saturated rings. The van der Waals surface area contributed by atoms with E-state index in [0.29, 0.717) is 22.7 Å². The van der Waals surface area contributed by atoms with E-state index in [9.17, 15) is 18.4 Å². The number of halogens is 2. The van der Waals surface area contributed by atoms with Crippen molar-refractivity contribution in [2.45, 2.75) is 10.1 Å². The highest BCUT2D eigenvalue weighted by Crippen LogP contribution is 2.24. The highest BCUT2D eigenvalue weighted by molar-refractivity contribution is 7.99.